The maximum absolute atomic E-state index is 13.2. The molecule has 2 N–H and O–H groups in total. The molecule has 6 rings (SSSR count). The van der Waals surface area contributed by atoms with Crippen molar-refractivity contribution in [2.45, 2.75) is 12.0 Å². The molecule has 0 fully saturated rings. The minimum absolute atomic E-state index is 0.108. The van der Waals surface area contributed by atoms with Crippen LogP contribution in [0.25, 0.3) is 27.5 Å². The van der Waals surface area contributed by atoms with Crippen LogP contribution in [0.2, 0.25) is 0 Å². The van der Waals surface area contributed by atoms with Gasteiger partial charge in [-0.1, -0.05) is 60.3 Å². The highest BCUT2D eigenvalue weighted by Gasteiger charge is 2.17. The second kappa shape index (κ2) is 9.27. The highest BCUT2D eigenvalue weighted by atomic mass is 32.2. The summed E-state index contributed by atoms with van der Waals surface area (Å²) < 4.78 is 15.5. The van der Waals surface area contributed by atoms with Crippen LogP contribution in [0.15, 0.2) is 102 Å². The predicted octanol–water partition coefficient (Wildman–Crippen LogP) is 5.92. The Kier molecular flexibility index (Phi) is 5.68. The highest BCUT2D eigenvalue weighted by molar-refractivity contribution is 8.03. The molecule has 7 heteroatoms. The number of hydrogen-bond acceptors (Lipinski definition) is 5. The lowest BCUT2D eigenvalue weighted by Gasteiger charge is -2.12. The van der Waals surface area contributed by atoms with Crippen molar-refractivity contribution in [1.82, 2.24) is 20.3 Å². The van der Waals surface area contributed by atoms with Gasteiger partial charge in [-0.15, -0.1) is 0 Å². The van der Waals surface area contributed by atoms with Gasteiger partial charge in [-0.05, 0) is 52.9 Å². The molecule has 2 aromatic heterocycles. The molecule has 0 saturated heterocycles. The Hall–Kier alpha value is -4.10. The number of nitrogens with one attached hydrogen (secondary N) is 2. The molecule has 172 valence electrons. The number of aromatic nitrogens is 2. The highest BCUT2D eigenvalue weighted by Crippen LogP contribution is 2.30. The van der Waals surface area contributed by atoms with Gasteiger partial charge in [-0.2, -0.15) is 5.10 Å². The molecule has 0 aliphatic carbocycles. The second-order valence-corrected chi connectivity index (χ2v) is 9.28. The monoisotopic (exact) mass is 479 g/mol. The Morgan fingerprint density at radius 2 is 1.77 bits per heavy atom. The number of hydrogen-bond donors (Lipinski definition) is 2. The summed E-state index contributed by atoms with van der Waals surface area (Å²) in [4.78, 5) is 4.65. The molecule has 0 spiro atoms. The summed E-state index contributed by atoms with van der Waals surface area (Å²) >= 11 is 1.58. The van der Waals surface area contributed by atoms with Crippen molar-refractivity contribution in [2.24, 2.45) is 5.10 Å². The zero-order chi connectivity index (χ0) is 23.6. The molecule has 1 aliphatic rings. The fourth-order valence-corrected chi connectivity index (χ4v) is 5.12. The van der Waals surface area contributed by atoms with Crippen molar-refractivity contribution in [2.75, 3.05) is 0 Å². The molecule has 1 unspecified atom stereocenters. The molecule has 1 aliphatic heterocycles. The van der Waals surface area contributed by atoms with E-state index in [4.69, 9.17) is 0 Å². The van der Waals surface area contributed by atoms with E-state index in [1.807, 2.05) is 17.7 Å². The number of halogens is 1. The number of benzene rings is 3. The molecule has 5 aromatic rings. The van der Waals surface area contributed by atoms with E-state index >= 15 is 0 Å². The van der Waals surface area contributed by atoms with E-state index in [0.717, 1.165) is 34.4 Å². The van der Waals surface area contributed by atoms with Gasteiger partial charge in [0.2, 0.25) is 0 Å². The number of fused-ring (bicyclic) bond motifs is 3. The van der Waals surface area contributed by atoms with Gasteiger partial charge in [-0.25, -0.2) is 4.39 Å². The Balaban J connectivity index is 1.21. The van der Waals surface area contributed by atoms with Gasteiger partial charge in [0.15, 0.2) is 5.50 Å². The average Bonchev–Trinajstić information content (AvgIpc) is 3.49. The molecule has 3 aromatic carbocycles. The van der Waals surface area contributed by atoms with Crippen LogP contribution in [0, 0.1) is 5.82 Å². The zero-order valence-electron chi connectivity index (χ0n) is 18.7. The summed E-state index contributed by atoms with van der Waals surface area (Å²) in [7, 11) is 0. The van der Waals surface area contributed by atoms with E-state index in [2.05, 4.69) is 80.0 Å². The fraction of sp³-hybridized carbons (Fsp3) is 0.0714. The quantitative estimate of drug-likeness (QED) is 0.235. The van der Waals surface area contributed by atoms with E-state index in [0.29, 0.717) is 0 Å². The summed E-state index contributed by atoms with van der Waals surface area (Å²) in [5.41, 5.74) is 9.20. The van der Waals surface area contributed by atoms with Gasteiger partial charge in [0.1, 0.15) is 5.82 Å². The van der Waals surface area contributed by atoms with Crippen LogP contribution in [0.4, 0.5) is 4.39 Å². The van der Waals surface area contributed by atoms with Crippen molar-refractivity contribution in [1.29, 1.82) is 0 Å². The topological polar surface area (TPSA) is 54.2 Å². The standard InChI is InChI=1S/C28H22FN5S/c29-21-12-10-20(11-13-21)25-18-35-28(32-25)33-31-15-22-14-24-23-8-4-5-9-26(23)34(27(24)16-30-22)17-19-6-2-1-3-7-19/h1-16,18,28,32-33H,17H2/b31-15+. The maximum atomic E-state index is 13.2. The number of nitrogens with zero attached hydrogens (tertiary/aromatic N) is 3. The van der Waals surface area contributed by atoms with Gasteiger partial charge in [0.05, 0.1) is 29.3 Å². The third kappa shape index (κ3) is 4.38. The molecular formula is C28H22FN5S. The van der Waals surface area contributed by atoms with Gasteiger partial charge < -0.3 is 9.88 Å². The van der Waals surface area contributed by atoms with Crippen LogP contribution < -0.4 is 10.7 Å². The molecule has 35 heavy (non-hydrogen) atoms. The van der Waals surface area contributed by atoms with E-state index < -0.39 is 0 Å². The van der Waals surface area contributed by atoms with Crippen LogP contribution in [0.5, 0.6) is 0 Å². The Morgan fingerprint density at radius 1 is 0.971 bits per heavy atom. The minimum Gasteiger partial charge on any atom is -0.355 e. The van der Waals surface area contributed by atoms with Gasteiger partial charge >= 0.3 is 0 Å². The Labute approximate surface area is 206 Å². The van der Waals surface area contributed by atoms with Crippen molar-refractivity contribution >= 4 is 45.5 Å². The largest absolute Gasteiger partial charge is 0.355 e. The summed E-state index contributed by atoms with van der Waals surface area (Å²) in [6.45, 7) is 0.787. The normalized spacial score (nSPS) is 15.6. The number of rotatable bonds is 6. The first-order valence-corrected chi connectivity index (χ1v) is 12.3. The fourth-order valence-electron chi connectivity index (χ4n) is 4.33. The number of para-hydroxylation sites is 1. The minimum atomic E-state index is -0.244. The van der Waals surface area contributed by atoms with Crippen LogP contribution in [-0.2, 0) is 6.54 Å². The molecule has 0 bridgehead atoms. The SMILES string of the molecule is Fc1ccc(C2=CSC(N/N=C/c3cc4c5ccccc5n(Cc5ccccc5)c4cn3)N2)cc1. The van der Waals surface area contributed by atoms with Gasteiger partial charge in [0, 0.05) is 22.8 Å². The zero-order valence-corrected chi connectivity index (χ0v) is 19.5. The van der Waals surface area contributed by atoms with E-state index in [9.17, 15) is 4.39 Å². The summed E-state index contributed by atoms with van der Waals surface area (Å²) in [6, 6.07) is 27.4. The first-order chi connectivity index (χ1) is 17.2. The summed E-state index contributed by atoms with van der Waals surface area (Å²) in [5.74, 6) is -0.244. The van der Waals surface area contributed by atoms with Gasteiger partial charge in [0.25, 0.3) is 0 Å². The molecule has 0 radical (unpaired) electrons. The third-order valence-electron chi connectivity index (χ3n) is 6.02. The van der Waals surface area contributed by atoms with Crippen LogP contribution in [0.3, 0.4) is 0 Å². The van der Waals surface area contributed by atoms with Crippen molar-refractivity contribution in [3.63, 3.8) is 0 Å². The molecule has 5 nitrogen and oxygen atoms in total. The van der Waals surface area contributed by atoms with E-state index in [1.165, 1.54) is 28.6 Å². The van der Waals surface area contributed by atoms with E-state index in [-0.39, 0.29) is 11.3 Å². The first kappa shape index (κ1) is 21.4. The number of pyridine rings is 1. The molecule has 0 amide bonds. The lowest BCUT2D eigenvalue weighted by Crippen LogP contribution is -2.31. The van der Waals surface area contributed by atoms with Crippen molar-refractivity contribution in [3.05, 3.63) is 119 Å². The van der Waals surface area contributed by atoms with Crippen molar-refractivity contribution < 1.29 is 4.39 Å². The third-order valence-corrected chi connectivity index (χ3v) is 6.88. The molecule has 3 heterocycles. The van der Waals surface area contributed by atoms with Crippen LogP contribution >= 0.6 is 11.8 Å². The molecule has 1 atom stereocenters. The summed E-state index contributed by atoms with van der Waals surface area (Å²) in [6.07, 6.45) is 3.66. The van der Waals surface area contributed by atoms with Gasteiger partial charge in [-0.3, -0.25) is 10.4 Å². The number of hydrazone groups is 1. The maximum Gasteiger partial charge on any atom is 0.165 e. The van der Waals surface area contributed by atoms with Crippen molar-refractivity contribution in [3.8, 4) is 0 Å². The first-order valence-electron chi connectivity index (χ1n) is 11.3. The smallest absolute Gasteiger partial charge is 0.165 e. The lowest BCUT2D eigenvalue weighted by atomic mass is 10.2. The van der Waals surface area contributed by atoms with Crippen LogP contribution in [0.1, 0.15) is 16.8 Å². The predicted molar refractivity (Wildman–Crippen MR) is 142 cm³/mol. The van der Waals surface area contributed by atoms with E-state index in [1.54, 1.807) is 30.1 Å². The summed E-state index contributed by atoms with van der Waals surface area (Å²) in [5, 5.41) is 12.1. The average molecular weight is 480 g/mol. The second-order valence-electron chi connectivity index (χ2n) is 8.30. The molecular weight excluding hydrogens is 457 g/mol. The van der Waals surface area contributed by atoms with Crippen LogP contribution in [-0.4, -0.2) is 21.3 Å². The lowest BCUT2D eigenvalue weighted by molar-refractivity contribution is 0.627. The Bertz CT molecular complexity index is 1560. The number of thioether (sulfide) groups is 1. The molecule has 0 saturated carbocycles. The Morgan fingerprint density at radius 3 is 2.63 bits per heavy atom.